The van der Waals surface area contributed by atoms with Crippen LogP contribution >= 0.6 is 0 Å². The van der Waals surface area contributed by atoms with Gasteiger partial charge in [0.1, 0.15) is 18.2 Å². The second-order valence-corrected chi connectivity index (χ2v) is 4.51. The van der Waals surface area contributed by atoms with E-state index in [0.717, 1.165) is 0 Å². The minimum absolute atomic E-state index is 0.00478. The normalized spacial score (nSPS) is 10.3. The molecule has 0 aromatic heterocycles. The lowest BCUT2D eigenvalue weighted by Gasteiger charge is -2.09. The number of anilines is 1. The SMILES string of the molecule is CCOCCOc1cccc(NC(=O)c2ccccc2F)c1. The van der Waals surface area contributed by atoms with E-state index in [1.165, 1.54) is 12.1 Å². The van der Waals surface area contributed by atoms with Gasteiger partial charge in [0.25, 0.3) is 5.91 Å². The van der Waals surface area contributed by atoms with Gasteiger partial charge >= 0.3 is 0 Å². The van der Waals surface area contributed by atoms with Crippen molar-refractivity contribution >= 4 is 11.6 Å². The molecule has 0 heterocycles. The molecule has 0 fully saturated rings. The molecule has 0 atom stereocenters. The fourth-order valence-corrected chi connectivity index (χ4v) is 1.87. The van der Waals surface area contributed by atoms with Crippen LogP contribution in [0.5, 0.6) is 5.75 Å². The van der Waals surface area contributed by atoms with Crippen molar-refractivity contribution in [3.8, 4) is 5.75 Å². The monoisotopic (exact) mass is 303 g/mol. The van der Waals surface area contributed by atoms with Crippen LogP contribution in [0.4, 0.5) is 10.1 Å². The molecule has 0 saturated heterocycles. The van der Waals surface area contributed by atoms with Crippen molar-refractivity contribution in [3.05, 3.63) is 59.9 Å². The fourth-order valence-electron chi connectivity index (χ4n) is 1.87. The van der Waals surface area contributed by atoms with Gasteiger partial charge in [0, 0.05) is 18.4 Å². The summed E-state index contributed by atoms with van der Waals surface area (Å²) in [5.74, 6) is -0.431. The minimum atomic E-state index is -0.552. The van der Waals surface area contributed by atoms with Gasteiger partial charge in [-0.2, -0.15) is 0 Å². The molecular formula is C17H18FNO3. The lowest BCUT2D eigenvalue weighted by Crippen LogP contribution is -2.13. The van der Waals surface area contributed by atoms with Gasteiger partial charge in [-0.1, -0.05) is 18.2 Å². The smallest absolute Gasteiger partial charge is 0.258 e. The van der Waals surface area contributed by atoms with Crippen molar-refractivity contribution in [1.29, 1.82) is 0 Å². The Balaban J connectivity index is 1.98. The molecule has 2 aromatic rings. The average Bonchev–Trinajstić information content (AvgIpc) is 2.52. The van der Waals surface area contributed by atoms with Crippen molar-refractivity contribution in [2.45, 2.75) is 6.92 Å². The lowest BCUT2D eigenvalue weighted by atomic mass is 10.2. The van der Waals surface area contributed by atoms with E-state index in [-0.39, 0.29) is 5.56 Å². The molecule has 22 heavy (non-hydrogen) atoms. The zero-order chi connectivity index (χ0) is 15.8. The first-order valence-electron chi connectivity index (χ1n) is 7.07. The van der Waals surface area contributed by atoms with E-state index in [1.54, 1.807) is 36.4 Å². The van der Waals surface area contributed by atoms with Crippen LogP contribution in [0.3, 0.4) is 0 Å². The van der Waals surface area contributed by atoms with Crippen LogP contribution in [0.1, 0.15) is 17.3 Å². The molecule has 2 aromatic carbocycles. The van der Waals surface area contributed by atoms with Crippen LogP contribution in [0.25, 0.3) is 0 Å². The molecule has 0 aliphatic heterocycles. The molecule has 1 N–H and O–H groups in total. The molecule has 2 rings (SSSR count). The highest BCUT2D eigenvalue weighted by Crippen LogP contribution is 2.18. The molecule has 0 radical (unpaired) electrons. The number of carbonyl (C=O) groups is 1. The first-order valence-corrected chi connectivity index (χ1v) is 7.07. The number of amides is 1. The Morgan fingerprint density at radius 3 is 2.73 bits per heavy atom. The van der Waals surface area contributed by atoms with Gasteiger partial charge in [0.2, 0.25) is 0 Å². The topological polar surface area (TPSA) is 47.6 Å². The summed E-state index contributed by atoms with van der Waals surface area (Å²) in [6.45, 7) is 3.49. The summed E-state index contributed by atoms with van der Waals surface area (Å²) in [7, 11) is 0. The third kappa shape index (κ3) is 4.56. The Morgan fingerprint density at radius 1 is 1.14 bits per heavy atom. The Kier molecular flexibility index (Phi) is 5.91. The Morgan fingerprint density at radius 2 is 1.95 bits per heavy atom. The van der Waals surface area contributed by atoms with E-state index >= 15 is 0 Å². The highest BCUT2D eigenvalue weighted by atomic mass is 19.1. The van der Waals surface area contributed by atoms with E-state index in [2.05, 4.69) is 5.32 Å². The number of carbonyl (C=O) groups excluding carboxylic acids is 1. The summed E-state index contributed by atoms with van der Waals surface area (Å²) < 4.78 is 24.3. The molecular weight excluding hydrogens is 285 g/mol. The molecule has 116 valence electrons. The summed E-state index contributed by atoms with van der Waals surface area (Å²) in [4.78, 5) is 12.0. The van der Waals surface area contributed by atoms with Crippen LogP contribution in [-0.2, 0) is 4.74 Å². The largest absolute Gasteiger partial charge is 0.491 e. The maximum atomic E-state index is 13.6. The molecule has 5 heteroatoms. The molecule has 0 aliphatic carbocycles. The minimum Gasteiger partial charge on any atom is -0.491 e. The standard InChI is InChI=1S/C17H18FNO3/c1-2-21-10-11-22-14-7-5-6-13(12-14)19-17(20)15-8-3-4-9-16(15)18/h3-9,12H,2,10-11H2,1H3,(H,19,20). The van der Waals surface area contributed by atoms with Crippen molar-refractivity contribution in [3.63, 3.8) is 0 Å². The first-order chi connectivity index (χ1) is 10.7. The van der Waals surface area contributed by atoms with E-state index in [1.807, 2.05) is 6.92 Å². The molecule has 4 nitrogen and oxygen atoms in total. The number of benzene rings is 2. The van der Waals surface area contributed by atoms with Crippen molar-refractivity contribution < 1.29 is 18.7 Å². The summed E-state index contributed by atoms with van der Waals surface area (Å²) in [5.41, 5.74) is 0.548. The summed E-state index contributed by atoms with van der Waals surface area (Å²) in [5, 5.41) is 2.65. The van der Waals surface area contributed by atoms with Gasteiger partial charge in [-0.05, 0) is 31.2 Å². The predicted octanol–water partition coefficient (Wildman–Crippen LogP) is 3.49. The number of ether oxygens (including phenoxy) is 2. The van der Waals surface area contributed by atoms with Crippen molar-refractivity contribution in [2.24, 2.45) is 0 Å². The Labute approximate surface area is 128 Å². The predicted molar refractivity (Wildman–Crippen MR) is 82.8 cm³/mol. The molecule has 0 bridgehead atoms. The Bertz CT molecular complexity index is 631. The van der Waals surface area contributed by atoms with Gasteiger partial charge in [-0.25, -0.2) is 4.39 Å². The Hall–Kier alpha value is -2.40. The molecule has 0 unspecified atom stereocenters. The van der Waals surface area contributed by atoms with E-state index in [9.17, 15) is 9.18 Å². The molecule has 0 spiro atoms. The van der Waals surface area contributed by atoms with Crippen LogP contribution < -0.4 is 10.1 Å². The number of nitrogens with one attached hydrogen (secondary N) is 1. The molecule has 1 amide bonds. The van der Waals surface area contributed by atoms with E-state index in [0.29, 0.717) is 31.3 Å². The van der Waals surface area contributed by atoms with Gasteiger partial charge in [-0.15, -0.1) is 0 Å². The zero-order valence-corrected chi connectivity index (χ0v) is 12.3. The van der Waals surface area contributed by atoms with Gasteiger partial charge < -0.3 is 14.8 Å². The summed E-state index contributed by atoms with van der Waals surface area (Å²) in [6, 6.07) is 12.8. The number of hydrogen-bond donors (Lipinski definition) is 1. The maximum Gasteiger partial charge on any atom is 0.258 e. The maximum absolute atomic E-state index is 13.6. The molecule has 0 aliphatic rings. The fraction of sp³-hybridized carbons (Fsp3) is 0.235. The summed E-state index contributed by atoms with van der Waals surface area (Å²) in [6.07, 6.45) is 0. The molecule has 0 saturated carbocycles. The van der Waals surface area contributed by atoms with Crippen LogP contribution in [-0.4, -0.2) is 25.7 Å². The van der Waals surface area contributed by atoms with Gasteiger partial charge in [0.05, 0.1) is 12.2 Å². The quantitative estimate of drug-likeness (QED) is 0.796. The van der Waals surface area contributed by atoms with E-state index < -0.39 is 11.7 Å². The third-order valence-corrected chi connectivity index (χ3v) is 2.91. The highest BCUT2D eigenvalue weighted by molar-refractivity contribution is 6.04. The van der Waals surface area contributed by atoms with Crippen molar-refractivity contribution in [1.82, 2.24) is 0 Å². The number of halogens is 1. The highest BCUT2D eigenvalue weighted by Gasteiger charge is 2.11. The van der Waals surface area contributed by atoms with Crippen molar-refractivity contribution in [2.75, 3.05) is 25.1 Å². The van der Waals surface area contributed by atoms with E-state index in [4.69, 9.17) is 9.47 Å². The zero-order valence-electron chi connectivity index (χ0n) is 12.3. The van der Waals surface area contributed by atoms with Gasteiger partial charge in [0.15, 0.2) is 0 Å². The lowest BCUT2D eigenvalue weighted by molar-refractivity contribution is 0.102. The van der Waals surface area contributed by atoms with Crippen LogP contribution in [0.2, 0.25) is 0 Å². The third-order valence-electron chi connectivity index (χ3n) is 2.91. The van der Waals surface area contributed by atoms with Gasteiger partial charge in [-0.3, -0.25) is 4.79 Å². The summed E-state index contributed by atoms with van der Waals surface area (Å²) >= 11 is 0. The number of rotatable bonds is 7. The first kappa shape index (κ1) is 16.0. The second-order valence-electron chi connectivity index (χ2n) is 4.51. The second kappa shape index (κ2) is 8.14. The van der Waals surface area contributed by atoms with Crippen LogP contribution in [0, 0.1) is 5.82 Å². The van der Waals surface area contributed by atoms with Crippen LogP contribution in [0.15, 0.2) is 48.5 Å². The number of hydrogen-bond acceptors (Lipinski definition) is 3. The average molecular weight is 303 g/mol.